The summed E-state index contributed by atoms with van der Waals surface area (Å²) >= 11 is 0. The lowest BCUT2D eigenvalue weighted by atomic mass is 10.00. The van der Waals surface area contributed by atoms with E-state index in [0.29, 0.717) is 18.3 Å². The van der Waals surface area contributed by atoms with E-state index in [9.17, 15) is 13.2 Å². The standard InChI is InChI=1S/C25H35N3O3S/c1-3-22-10-7-8-18-27(22)19-9-17-26-25(29)20-28(23-15-13-21(2)14-16-23)32(30,31)24-11-5-4-6-12-24/h4-6,11-16,22H,3,7-10,17-20H2,1-2H3,(H,26,29). The Morgan fingerprint density at radius 3 is 2.50 bits per heavy atom. The number of nitrogens with zero attached hydrogens (tertiary/aromatic N) is 2. The van der Waals surface area contributed by atoms with Crippen LogP contribution in [0.4, 0.5) is 5.69 Å². The van der Waals surface area contributed by atoms with E-state index in [1.165, 1.54) is 23.6 Å². The van der Waals surface area contributed by atoms with Gasteiger partial charge in [-0.3, -0.25) is 9.10 Å². The molecule has 7 heteroatoms. The summed E-state index contributed by atoms with van der Waals surface area (Å²) in [5.41, 5.74) is 1.51. The Balaban J connectivity index is 1.63. The first-order valence-electron chi connectivity index (χ1n) is 11.6. The van der Waals surface area contributed by atoms with Crippen molar-refractivity contribution in [3.8, 4) is 0 Å². The van der Waals surface area contributed by atoms with E-state index in [-0.39, 0.29) is 17.3 Å². The largest absolute Gasteiger partial charge is 0.354 e. The van der Waals surface area contributed by atoms with Crippen molar-refractivity contribution in [1.29, 1.82) is 0 Å². The lowest BCUT2D eigenvalue weighted by Gasteiger charge is -2.35. The fourth-order valence-corrected chi connectivity index (χ4v) is 5.70. The Bertz CT molecular complexity index is 962. The highest BCUT2D eigenvalue weighted by Crippen LogP contribution is 2.24. The predicted octanol–water partition coefficient (Wildman–Crippen LogP) is 3.96. The molecule has 1 unspecified atom stereocenters. The molecule has 0 aromatic heterocycles. The zero-order valence-corrected chi connectivity index (χ0v) is 20.0. The zero-order chi connectivity index (χ0) is 23.0. The van der Waals surface area contributed by atoms with Crippen molar-refractivity contribution in [1.82, 2.24) is 10.2 Å². The van der Waals surface area contributed by atoms with E-state index in [0.717, 1.165) is 31.5 Å². The smallest absolute Gasteiger partial charge is 0.264 e. The van der Waals surface area contributed by atoms with Gasteiger partial charge in [0.25, 0.3) is 10.0 Å². The maximum absolute atomic E-state index is 13.3. The number of nitrogens with one attached hydrogen (secondary N) is 1. The number of likely N-dealkylation sites (tertiary alicyclic amines) is 1. The molecular formula is C25H35N3O3S. The van der Waals surface area contributed by atoms with Gasteiger partial charge in [0, 0.05) is 19.1 Å². The molecule has 0 bridgehead atoms. The van der Waals surface area contributed by atoms with Gasteiger partial charge in [-0.05, 0) is 63.4 Å². The summed E-state index contributed by atoms with van der Waals surface area (Å²) in [6, 6.07) is 16.1. The van der Waals surface area contributed by atoms with Gasteiger partial charge in [-0.2, -0.15) is 0 Å². The molecular weight excluding hydrogens is 422 g/mol. The van der Waals surface area contributed by atoms with Crippen molar-refractivity contribution in [2.75, 3.05) is 30.5 Å². The van der Waals surface area contributed by atoms with E-state index in [1.807, 2.05) is 19.1 Å². The summed E-state index contributed by atoms with van der Waals surface area (Å²) in [6.07, 6.45) is 5.82. The van der Waals surface area contributed by atoms with Gasteiger partial charge in [0.2, 0.25) is 5.91 Å². The van der Waals surface area contributed by atoms with Crippen molar-refractivity contribution in [3.63, 3.8) is 0 Å². The molecule has 1 atom stereocenters. The van der Waals surface area contributed by atoms with Crippen LogP contribution in [0, 0.1) is 6.92 Å². The van der Waals surface area contributed by atoms with Crippen molar-refractivity contribution in [2.45, 2.75) is 56.9 Å². The highest BCUT2D eigenvalue weighted by atomic mass is 32.2. The van der Waals surface area contributed by atoms with Gasteiger partial charge in [0.1, 0.15) is 6.54 Å². The van der Waals surface area contributed by atoms with Gasteiger partial charge in [-0.15, -0.1) is 0 Å². The van der Waals surface area contributed by atoms with E-state index in [2.05, 4.69) is 17.1 Å². The number of carbonyl (C=O) groups is 1. The first kappa shape index (κ1) is 24.3. The van der Waals surface area contributed by atoms with Gasteiger partial charge in [0.15, 0.2) is 0 Å². The second-order valence-corrected chi connectivity index (χ2v) is 10.3. The number of hydrogen-bond acceptors (Lipinski definition) is 4. The van der Waals surface area contributed by atoms with E-state index in [1.54, 1.807) is 42.5 Å². The first-order chi connectivity index (χ1) is 15.4. The number of hydrogen-bond donors (Lipinski definition) is 1. The molecule has 1 fully saturated rings. The minimum atomic E-state index is -3.86. The molecule has 1 aliphatic rings. The lowest BCUT2D eigenvalue weighted by molar-refractivity contribution is -0.119. The summed E-state index contributed by atoms with van der Waals surface area (Å²) in [5.74, 6) is -0.296. The maximum Gasteiger partial charge on any atom is 0.264 e. The number of benzene rings is 2. The monoisotopic (exact) mass is 457 g/mol. The Morgan fingerprint density at radius 2 is 1.81 bits per heavy atom. The lowest BCUT2D eigenvalue weighted by Crippen LogP contribution is -2.43. The molecule has 0 radical (unpaired) electrons. The van der Waals surface area contributed by atoms with Crippen LogP contribution in [0.25, 0.3) is 0 Å². The third-order valence-electron chi connectivity index (χ3n) is 6.10. The Hall–Kier alpha value is -2.38. The second kappa shape index (κ2) is 11.5. The highest BCUT2D eigenvalue weighted by molar-refractivity contribution is 7.92. The number of anilines is 1. The molecule has 1 amide bonds. The number of carbonyl (C=O) groups excluding carboxylic acids is 1. The third-order valence-corrected chi connectivity index (χ3v) is 7.89. The van der Waals surface area contributed by atoms with Gasteiger partial charge in [-0.25, -0.2) is 8.42 Å². The van der Waals surface area contributed by atoms with E-state index in [4.69, 9.17) is 0 Å². The molecule has 6 nitrogen and oxygen atoms in total. The molecule has 3 rings (SSSR count). The van der Waals surface area contributed by atoms with Crippen LogP contribution in [0.15, 0.2) is 59.5 Å². The summed E-state index contributed by atoms with van der Waals surface area (Å²) in [7, 11) is -3.86. The SMILES string of the molecule is CCC1CCCCN1CCCNC(=O)CN(c1ccc(C)cc1)S(=O)(=O)c1ccccc1. The quantitative estimate of drug-likeness (QED) is 0.548. The topological polar surface area (TPSA) is 69.7 Å². The van der Waals surface area contributed by atoms with Crippen LogP contribution in [0.5, 0.6) is 0 Å². The molecule has 0 saturated carbocycles. The summed E-state index contributed by atoms with van der Waals surface area (Å²) in [6.45, 7) is 6.56. The van der Waals surface area contributed by atoms with Gasteiger partial charge >= 0.3 is 0 Å². The number of piperidine rings is 1. The molecule has 1 heterocycles. The van der Waals surface area contributed by atoms with E-state index < -0.39 is 10.0 Å². The molecule has 1 aliphatic heterocycles. The molecule has 2 aromatic carbocycles. The van der Waals surface area contributed by atoms with Crippen molar-refractivity contribution in [2.24, 2.45) is 0 Å². The Labute approximate surface area is 192 Å². The average molecular weight is 458 g/mol. The minimum Gasteiger partial charge on any atom is -0.354 e. The number of sulfonamides is 1. The second-order valence-electron chi connectivity index (χ2n) is 8.46. The van der Waals surface area contributed by atoms with Gasteiger partial charge in [0.05, 0.1) is 10.6 Å². The van der Waals surface area contributed by atoms with Crippen molar-refractivity contribution >= 4 is 21.6 Å². The Kier molecular flexibility index (Phi) is 8.70. The zero-order valence-electron chi connectivity index (χ0n) is 19.2. The first-order valence-corrected chi connectivity index (χ1v) is 13.0. The van der Waals surface area contributed by atoms with Gasteiger partial charge in [-0.1, -0.05) is 49.2 Å². The minimum absolute atomic E-state index is 0.170. The summed E-state index contributed by atoms with van der Waals surface area (Å²) in [4.78, 5) is 15.4. The molecule has 32 heavy (non-hydrogen) atoms. The van der Waals surface area contributed by atoms with Crippen molar-refractivity contribution in [3.05, 3.63) is 60.2 Å². The molecule has 1 N–H and O–H groups in total. The van der Waals surface area contributed by atoms with Crippen molar-refractivity contribution < 1.29 is 13.2 Å². The number of rotatable bonds is 10. The summed E-state index contributed by atoms with van der Waals surface area (Å²) in [5, 5.41) is 2.92. The molecule has 2 aromatic rings. The van der Waals surface area contributed by atoms with Crippen LogP contribution in [0.3, 0.4) is 0 Å². The molecule has 0 spiro atoms. The summed E-state index contributed by atoms with van der Waals surface area (Å²) < 4.78 is 27.8. The normalized spacial score (nSPS) is 17.1. The highest BCUT2D eigenvalue weighted by Gasteiger charge is 2.27. The fourth-order valence-electron chi connectivity index (χ4n) is 4.26. The van der Waals surface area contributed by atoms with Crippen LogP contribution in [-0.4, -0.2) is 51.4 Å². The molecule has 0 aliphatic carbocycles. The third kappa shape index (κ3) is 6.33. The van der Waals surface area contributed by atoms with Crippen LogP contribution >= 0.6 is 0 Å². The average Bonchev–Trinajstić information content (AvgIpc) is 2.81. The van der Waals surface area contributed by atoms with Crippen LogP contribution in [0.1, 0.15) is 44.6 Å². The van der Waals surface area contributed by atoms with Crippen LogP contribution in [0.2, 0.25) is 0 Å². The number of aryl methyl sites for hydroxylation is 1. The molecule has 174 valence electrons. The van der Waals surface area contributed by atoms with Gasteiger partial charge < -0.3 is 10.2 Å². The fraction of sp³-hybridized carbons (Fsp3) is 0.480. The van der Waals surface area contributed by atoms with Crippen LogP contribution < -0.4 is 9.62 Å². The van der Waals surface area contributed by atoms with E-state index >= 15 is 0 Å². The Morgan fingerprint density at radius 1 is 1.09 bits per heavy atom. The van der Waals surface area contributed by atoms with Crippen LogP contribution in [-0.2, 0) is 14.8 Å². The maximum atomic E-state index is 13.3. The number of amides is 1. The molecule has 1 saturated heterocycles. The predicted molar refractivity (Wildman–Crippen MR) is 129 cm³/mol.